The van der Waals surface area contributed by atoms with Crippen LogP contribution in [0.1, 0.15) is 13.3 Å². The van der Waals surface area contributed by atoms with E-state index in [9.17, 15) is 4.79 Å². The molecule has 1 amide bonds. The molecule has 0 rings (SSSR count). The molecule has 3 heteroatoms. The largest absolute Gasteiger partial charge is 0.394 e. The van der Waals surface area contributed by atoms with Gasteiger partial charge in [0.2, 0.25) is 5.91 Å². The average Bonchev–Trinajstić information content (AvgIpc) is 1.99. The molecule has 0 aromatic heterocycles. The van der Waals surface area contributed by atoms with Crippen LogP contribution in [0.3, 0.4) is 0 Å². The molecule has 2 N–H and O–H groups in total. The predicted molar refractivity (Wildman–Crippen MR) is 39.5 cm³/mol. The fourth-order valence-corrected chi connectivity index (χ4v) is 0.537. The van der Waals surface area contributed by atoms with E-state index in [4.69, 9.17) is 5.11 Å². The summed E-state index contributed by atoms with van der Waals surface area (Å²) in [6.45, 7) is 5.16. The van der Waals surface area contributed by atoms with Crippen LogP contribution in [0.25, 0.3) is 0 Å². The Balaban J connectivity index is 3.62. The first-order valence-electron chi connectivity index (χ1n) is 3.28. The minimum atomic E-state index is -0.235. The lowest BCUT2D eigenvalue weighted by Crippen LogP contribution is -2.35. The van der Waals surface area contributed by atoms with Gasteiger partial charge in [-0.1, -0.05) is 13.5 Å². The maximum Gasteiger partial charge on any atom is 0.243 e. The van der Waals surface area contributed by atoms with Crippen LogP contribution in [0.2, 0.25) is 0 Å². The zero-order valence-corrected chi connectivity index (χ0v) is 6.13. The molecule has 10 heavy (non-hydrogen) atoms. The molecule has 0 aliphatic rings. The molecule has 0 saturated carbocycles. The van der Waals surface area contributed by atoms with Gasteiger partial charge in [-0.15, -0.1) is 0 Å². The minimum Gasteiger partial charge on any atom is -0.394 e. The van der Waals surface area contributed by atoms with Crippen molar-refractivity contribution in [1.29, 1.82) is 0 Å². The van der Waals surface area contributed by atoms with Gasteiger partial charge in [0.15, 0.2) is 0 Å². The van der Waals surface area contributed by atoms with E-state index in [1.54, 1.807) is 0 Å². The zero-order valence-electron chi connectivity index (χ0n) is 6.13. The summed E-state index contributed by atoms with van der Waals surface area (Å²) in [7, 11) is 0. The van der Waals surface area contributed by atoms with E-state index in [0.29, 0.717) is 0 Å². The summed E-state index contributed by atoms with van der Waals surface area (Å²) >= 11 is 0. The summed E-state index contributed by atoms with van der Waals surface area (Å²) in [6.07, 6.45) is 1.92. The average molecular weight is 143 g/mol. The number of carbonyl (C=O) groups excluding carboxylic acids is 1. The van der Waals surface area contributed by atoms with Crippen LogP contribution in [0.5, 0.6) is 0 Å². The van der Waals surface area contributed by atoms with Crippen LogP contribution in [-0.2, 0) is 4.79 Å². The molecule has 0 aromatic carbocycles. The van der Waals surface area contributed by atoms with Crippen molar-refractivity contribution in [2.45, 2.75) is 19.4 Å². The number of hydrogen-bond acceptors (Lipinski definition) is 2. The second-order valence-corrected chi connectivity index (χ2v) is 2.00. The van der Waals surface area contributed by atoms with Gasteiger partial charge in [-0.3, -0.25) is 4.79 Å². The molecule has 0 saturated heterocycles. The first kappa shape index (κ1) is 9.17. The lowest BCUT2D eigenvalue weighted by Gasteiger charge is -2.11. The van der Waals surface area contributed by atoms with Crippen LogP contribution < -0.4 is 5.32 Å². The highest BCUT2D eigenvalue weighted by molar-refractivity contribution is 5.87. The fraction of sp³-hybridized carbons (Fsp3) is 0.571. The summed E-state index contributed by atoms with van der Waals surface area (Å²) in [5.41, 5.74) is 0. The topological polar surface area (TPSA) is 49.3 Å². The van der Waals surface area contributed by atoms with Crippen molar-refractivity contribution in [1.82, 2.24) is 5.32 Å². The Bertz CT molecular complexity index is 119. The SMILES string of the molecule is C=CC(=O)NC(CC)CO. The van der Waals surface area contributed by atoms with Crippen molar-refractivity contribution in [2.75, 3.05) is 6.61 Å². The lowest BCUT2D eigenvalue weighted by molar-refractivity contribution is -0.117. The number of hydrogen-bond donors (Lipinski definition) is 2. The van der Waals surface area contributed by atoms with Crippen LogP contribution in [0.15, 0.2) is 12.7 Å². The number of rotatable bonds is 4. The number of aliphatic hydroxyl groups is 1. The first-order chi connectivity index (χ1) is 4.74. The van der Waals surface area contributed by atoms with Crippen molar-refractivity contribution in [3.8, 4) is 0 Å². The Labute approximate surface area is 60.7 Å². The van der Waals surface area contributed by atoms with Gasteiger partial charge in [-0.2, -0.15) is 0 Å². The normalized spacial score (nSPS) is 12.2. The summed E-state index contributed by atoms with van der Waals surface area (Å²) in [4.78, 5) is 10.6. The van der Waals surface area contributed by atoms with E-state index >= 15 is 0 Å². The summed E-state index contributed by atoms with van der Waals surface area (Å²) in [5, 5.41) is 11.2. The number of carbonyl (C=O) groups is 1. The molecule has 58 valence electrons. The van der Waals surface area contributed by atoms with Gasteiger partial charge in [0.1, 0.15) is 0 Å². The van der Waals surface area contributed by atoms with Gasteiger partial charge < -0.3 is 10.4 Å². The van der Waals surface area contributed by atoms with E-state index in [-0.39, 0.29) is 18.6 Å². The second kappa shape index (κ2) is 4.99. The van der Waals surface area contributed by atoms with Crippen LogP contribution in [0.4, 0.5) is 0 Å². The Kier molecular flexibility index (Phi) is 4.58. The van der Waals surface area contributed by atoms with Crippen LogP contribution in [-0.4, -0.2) is 23.7 Å². The molecule has 0 bridgehead atoms. The first-order valence-corrected chi connectivity index (χ1v) is 3.28. The highest BCUT2D eigenvalue weighted by Crippen LogP contribution is 1.87. The molecular weight excluding hydrogens is 130 g/mol. The predicted octanol–water partition coefficient (Wildman–Crippen LogP) is 0.0595. The van der Waals surface area contributed by atoms with E-state index in [0.717, 1.165) is 6.42 Å². The summed E-state index contributed by atoms with van der Waals surface area (Å²) in [6, 6.07) is -0.134. The summed E-state index contributed by atoms with van der Waals surface area (Å²) in [5.74, 6) is -0.235. The van der Waals surface area contributed by atoms with Crippen molar-refractivity contribution in [3.05, 3.63) is 12.7 Å². The van der Waals surface area contributed by atoms with Gasteiger partial charge in [-0.25, -0.2) is 0 Å². The fourth-order valence-electron chi connectivity index (χ4n) is 0.537. The second-order valence-electron chi connectivity index (χ2n) is 2.00. The molecule has 0 aromatic rings. The van der Waals surface area contributed by atoms with Crippen LogP contribution in [0, 0.1) is 0 Å². The molecule has 0 radical (unpaired) electrons. The van der Waals surface area contributed by atoms with Gasteiger partial charge in [0, 0.05) is 0 Å². The van der Waals surface area contributed by atoms with Gasteiger partial charge >= 0.3 is 0 Å². The highest BCUT2D eigenvalue weighted by Gasteiger charge is 2.04. The Hall–Kier alpha value is -0.830. The van der Waals surface area contributed by atoms with Gasteiger partial charge in [0.05, 0.1) is 12.6 Å². The van der Waals surface area contributed by atoms with Crippen LogP contribution >= 0.6 is 0 Å². The Morgan fingerprint density at radius 2 is 2.50 bits per heavy atom. The Morgan fingerprint density at radius 1 is 1.90 bits per heavy atom. The summed E-state index contributed by atoms with van der Waals surface area (Å²) < 4.78 is 0. The van der Waals surface area contributed by atoms with Crippen molar-refractivity contribution < 1.29 is 9.90 Å². The van der Waals surface area contributed by atoms with E-state index in [1.165, 1.54) is 6.08 Å². The standard InChI is InChI=1S/C7H13NO2/c1-3-6(5-9)8-7(10)4-2/h4,6,9H,2-3,5H2,1H3,(H,8,10). The molecule has 1 unspecified atom stereocenters. The molecule has 0 heterocycles. The molecule has 1 atom stereocenters. The molecule has 0 aliphatic heterocycles. The van der Waals surface area contributed by atoms with Crippen molar-refractivity contribution in [2.24, 2.45) is 0 Å². The number of aliphatic hydroxyl groups excluding tert-OH is 1. The molecular formula is C7H13NO2. The maximum absolute atomic E-state index is 10.6. The number of amides is 1. The minimum absolute atomic E-state index is 0.0178. The van der Waals surface area contributed by atoms with E-state index < -0.39 is 0 Å². The molecule has 0 fully saturated rings. The zero-order chi connectivity index (χ0) is 7.98. The molecule has 3 nitrogen and oxygen atoms in total. The quantitative estimate of drug-likeness (QED) is 0.547. The third-order valence-electron chi connectivity index (χ3n) is 1.24. The molecule has 0 spiro atoms. The van der Waals surface area contributed by atoms with E-state index in [1.807, 2.05) is 6.92 Å². The van der Waals surface area contributed by atoms with Gasteiger partial charge in [-0.05, 0) is 12.5 Å². The highest BCUT2D eigenvalue weighted by atomic mass is 16.3. The van der Waals surface area contributed by atoms with E-state index in [2.05, 4.69) is 11.9 Å². The third kappa shape index (κ3) is 3.25. The Morgan fingerprint density at radius 3 is 2.80 bits per heavy atom. The van der Waals surface area contributed by atoms with Crippen molar-refractivity contribution >= 4 is 5.91 Å². The van der Waals surface area contributed by atoms with Gasteiger partial charge in [0.25, 0.3) is 0 Å². The molecule has 0 aliphatic carbocycles. The smallest absolute Gasteiger partial charge is 0.243 e. The number of nitrogens with one attached hydrogen (secondary N) is 1. The lowest BCUT2D eigenvalue weighted by atomic mass is 10.2. The van der Waals surface area contributed by atoms with Crippen molar-refractivity contribution in [3.63, 3.8) is 0 Å². The maximum atomic E-state index is 10.6. The third-order valence-corrected chi connectivity index (χ3v) is 1.24. The monoisotopic (exact) mass is 143 g/mol.